The van der Waals surface area contributed by atoms with Crippen LogP contribution in [0.4, 0.5) is 34.1 Å². The molecule has 5 rings (SSSR count). The van der Waals surface area contributed by atoms with Gasteiger partial charge in [-0.1, -0.05) is 99.2 Å². The average molecular weight is 537 g/mol. The maximum atomic E-state index is 2.40. The van der Waals surface area contributed by atoms with Gasteiger partial charge in [0, 0.05) is 40.0 Å². The summed E-state index contributed by atoms with van der Waals surface area (Å²) >= 11 is 0. The lowest BCUT2D eigenvalue weighted by molar-refractivity contribution is 0.365. The second-order valence-corrected chi connectivity index (χ2v) is 11.9. The van der Waals surface area contributed by atoms with Crippen molar-refractivity contribution in [1.82, 2.24) is 0 Å². The van der Waals surface area contributed by atoms with E-state index in [0.717, 1.165) is 34.1 Å². The smallest absolute Gasteiger partial charge is 0.0463 e. The van der Waals surface area contributed by atoms with E-state index in [-0.39, 0.29) is 5.41 Å². The van der Waals surface area contributed by atoms with Crippen LogP contribution in [-0.4, -0.2) is 0 Å². The molecular formula is C39H40N2. The highest BCUT2D eigenvalue weighted by Gasteiger charge is 2.24. The Morgan fingerprint density at radius 3 is 1.05 bits per heavy atom. The van der Waals surface area contributed by atoms with Crippen LogP contribution in [0.25, 0.3) is 0 Å². The van der Waals surface area contributed by atoms with E-state index >= 15 is 0 Å². The number of hydrogen-bond acceptors (Lipinski definition) is 2. The van der Waals surface area contributed by atoms with Crippen molar-refractivity contribution < 1.29 is 0 Å². The lowest BCUT2D eigenvalue weighted by Crippen LogP contribution is -2.17. The molecule has 0 bridgehead atoms. The minimum absolute atomic E-state index is 0.136. The van der Waals surface area contributed by atoms with Gasteiger partial charge in [0.05, 0.1) is 0 Å². The van der Waals surface area contributed by atoms with Gasteiger partial charge in [0.2, 0.25) is 0 Å². The van der Waals surface area contributed by atoms with Gasteiger partial charge in [-0.3, -0.25) is 0 Å². The van der Waals surface area contributed by atoms with E-state index in [4.69, 9.17) is 0 Å². The molecule has 2 nitrogen and oxygen atoms in total. The molecule has 0 amide bonds. The zero-order chi connectivity index (χ0) is 28.8. The molecule has 1 unspecified atom stereocenters. The highest BCUT2D eigenvalue weighted by Crippen LogP contribution is 2.41. The zero-order valence-electron chi connectivity index (χ0n) is 24.8. The van der Waals surface area contributed by atoms with Crippen molar-refractivity contribution in [2.24, 2.45) is 5.41 Å². The molecule has 0 aromatic heterocycles. The Bertz CT molecular complexity index is 1500. The van der Waals surface area contributed by atoms with E-state index in [1.165, 1.54) is 11.1 Å². The van der Waals surface area contributed by atoms with Crippen molar-refractivity contribution in [1.29, 1.82) is 0 Å². The maximum Gasteiger partial charge on any atom is 0.0463 e. The van der Waals surface area contributed by atoms with Crippen LogP contribution in [0.3, 0.4) is 0 Å². The largest absolute Gasteiger partial charge is 0.311 e. The van der Waals surface area contributed by atoms with Gasteiger partial charge in [0.25, 0.3) is 0 Å². The lowest BCUT2D eigenvalue weighted by Gasteiger charge is -2.31. The molecule has 0 aliphatic rings. The predicted octanol–water partition coefficient (Wildman–Crippen LogP) is 11.7. The molecule has 0 radical (unpaired) electrons. The zero-order valence-corrected chi connectivity index (χ0v) is 24.8. The Labute approximate surface area is 246 Å². The van der Waals surface area contributed by atoms with Gasteiger partial charge in [0.1, 0.15) is 0 Å². The van der Waals surface area contributed by atoms with Crippen molar-refractivity contribution >= 4 is 34.1 Å². The Morgan fingerprint density at radius 1 is 0.463 bits per heavy atom. The summed E-state index contributed by atoms with van der Waals surface area (Å²) in [6.45, 7) is 11.3. The number of para-hydroxylation sites is 3. The monoisotopic (exact) mass is 536 g/mol. The fourth-order valence-corrected chi connectivity index (χ4v) is 5.39. The second kappa shape index (κ2) is 12.3. The summed E-state index contributed by atoms with van der Waals surface area (Å²) in [6, 6.07) is 49.6. The third-order valence-electron chi connectivity index (χ3n) is 7.35. The van der Waals surface area contributed by atoms with Crippen molar-refractivity contribution in [2.45, 2.75) is 40.5 Å². The molecule has 0 saturated carbocycles. The third-order valence-corrected chi connectivity index (χ3v) is 7.35. The quantitative estimate of drug-likeness (QED) is 0.182. The fourth-order valence-electron chi connectivity index (χ4n) is 5.39. The minimum Gasteiger partial charge on any atom is -0.311 e. The van der Waals surface area contributed by atoms with E-state index in [0.29, 0.717) is 5.92 Å². The van der Waals surface area contributed by atoms with Gasteiger partial charge < -0.3 is 9.80 Å². The van der Waals surface area contributed by atoms with E-state index in [1.54, 1.807) is 0 Å². The molecule has 0 saturated heterocycles. The van der Waals surface area contributed by atoms with E-state index in [2.05, 4.69) is 190 Å². The van der Waals surface area contributed by atoms with Crippen LogP contribution in [-0.2, 0) is 0 Å². The normalized spacial score (nSPS) is 11.9. The number of allylic oxidation sites excluding steroid dienone is 2. The standard InChI is InChI=1S/C39H40N2/c1-30(2)29-38(39(3,4)5)31-21-23-35(24-22-31)41(34-19-13-8-14-20-34)37-27-25-36(26-28-37)40(32-15-9-6-10-16-32)33-17-11-7-12-18-33/h6-29,38H,1-5H3. The van der Waals surface area contributed by atoms with Crippen LogP contribution in [0, 0.1) is 5.41 Å². The Morgan fingerprint density at radius 2 is 0.756 bits per heavy atom. The number of nitrogens with zero attached hydrogens (tertiary/aromatic N) is 2. The Kier molecular flexibility index (Phi) is 8.40. The maximum absolute atomic E-state index is 2.40. The molecule has 0 aliphatic carbocycles. The van der Waals surface area contributed by atoms with E-state index < -0.39 is 0 Å². The molecule has 2 heteroatoms. The molecule has 1 atom stereocenters. The van der Waals surface area contributed by atoms with E-state index in [1.807, 2.05) is 0 Å². The molecule has 5 aromatic rings. The van der Waals surface area contributed by atoms with Crippen molar-refractivity contribution in [3.63, 3.8) is 0 Å². The first-order chi connectivity index (χ1) is 19.8. The number of rotatable bonds is 8. The van der Waals surface area contributed by atoms with Gasteiger partial charge >= 0.3 is 0 Å². The van der Waals surface area contributed by atoms with Gasteiger partial charge in [-0.15, -0.1) is 0 Å². The highest BCUT2D eigenvalue weighted by molar-refractivity contribution is 5.81. The first-order valence-corrected chi connectivity index (χ1v) is 14.4. The van der Waals surface area contributed by atoms with Crippen LogP contribution in [0.15, 0.2) is 151 Å². The van der Waals surface area contributed by atoms with Crippen molar-refractivity contribution in [2.75, 3.05) is 9.80 Å². The molecular weight excluding hydrogens is 496 g/mol. The first kappa shape index (κ1) is 28.0. The summed E-state index contributed by atoms with van der Waals surface area (Å²) < 4.78 is 0. The minimum atomic E-state index is 0.136. The second-order valence-electron chi connectivity index (χ2n) is 11.9. The molecule has 206 valence electrons. The molecule has 0 spiro atoms. The van der Waals surface area contributed by atoms with Gasteiger partial charge in [0.15, 0.2) is 0 Å². The highest BCUT2D eigenvalue weighted by atomic mass is 15.2. The first-order valence-electron chi connectivity index (χ1n) is 14.4. The molecule has 0 heterocycles. The number of anilines is 6. The summed E-state index contributed by atoms with van der Waals surface area (Å²) in [5.74, 6) is 0.355. The van der Waals surface area contributed by atoms with Crippen molar-refractivity contribution in [3.8, 4) is 0 Å². The third kappa shape index (κ3) is 6.61. The van der Waals surface area contributed by atoms with Gasteiger partial charge in [-0.25, -0.2) is 0 Å². The van der Waals surface area contributed by atoms with Crippen molar-refractivity contribution in [3.05, 3.63) is 157 Å². The lowest BCUT2D eigenvalue weighted by atomic mass is 9.75. The Balaban J connectivity index is 1.54. The van der Waals surface area contributed by atoms with Crippen LogP contribution in [0.2, 0.25) is 0 Å². The van der Waals surface area contributed by atoms with Gasteiger partial charge in [-0.2, -0.15) is 0 Å². The van der Waals surface area contributed by atoms with Gasteiger partial charge in [-0.05, 0) is 97.6 Å². The van der Waals surface area contributed by atoms with E-state index in [9.17, 15) is 0 Å². The van der Waals surface area contributed by atoms with Crippen LogP contribution >= 0.6 is 0 Å². The topological polar surface area (TPSA) is 6.48 Å². The van der Waals surface area contributed by atoms with Crippen LogP contribution < -0.4 is 9.80 Å². The summed E-state index contributed by atoms with van der Waals surface area (Å²) in [7, 11) is 0. The SMILES string of the molecule is CC(C)=CC(c1ccc(N(c2ccccc2)c2ccc(N(c3ccccc3)c3ccccc3)cc2)cc1)C(C)(C)C. The predicted molar refractivity (Wildman–Crippen MR) is 177 cm³/mol. The molecule has 0 fully saturated rings. The van der Waals surface area contributed by atoms with Crippen LogP contribution in [0.5, 0.6) is 0 Å². The molecule has 0 N–H and O–H groups in total. The average Bonchev–Trinajstić information content (AvgIpc) is 2.99. The summed E-state index contributed by atoms with van der Waals surface area (Å²) in [4.78, 5) is 4.62. The summed E-state index contributed by atoms with van der Waals surface area (Å²) in [5, 5.41) is 0. The summed E-state index contributed by atoms with van der Waals surface area (Å²) in [6.07, 6.45) is 2.40. The molecule has 0 aliphatic heterocycles. The fraction of sp³-hybridized carbons (Fsp3) is 0.179. The summed E-state index contributed by atoms with van der Waals surface area (Å²) in [5.41, 5.74) is 9.59. The number of benzene rings is 5. The number of hydrogen-bond donors (Lipinski definition) is 0. The van der Waals surface area contributed by atoms with Crippen LogP contribution in [0.1, 0.15) is 46.1 Å². The Hall–Kier alpha value is -4.56. The molecule has 5 aromatic carbocycles. The molecule has 41 heavy (non-hydrogen) atoms.